The highest BCUT2D eigenvalue weighted by molar-refractivity contribution is 5.91. The third kappa shape index (κ3) is 4.34. The van der Waals surface area contributed by atoms with Gasteiger partial charge in [-0.05, 0) is 0 Å². The number of amides is 1. The lowest BCUT2D eigenvalue weighted by Crippen LogP contribution is -2.21. The number of halogens is 3. The summed E-state index contributed by atoms with van der Waals surface area (Å²) in [6, 6.07) is 0.953. The summed E-state index contributed by atoms with van der Waals surface area (Å²) in [6.07, 6.45) is 0. The van der Waals surface area contributed by atoms with Crippen LogP contribution in [0.5, 0.6) is 0 Å². The maximum Gasteiger partial charge on any atom is 0.250 e. The Balaban J connectivity index is 2.54. The molecule has 0 aliphatic carbocycles. The fourth-order valence-corrected chi connectivity index (χ4v) is 1.14. The molecule has 0 saturated carbocycles. The van der Waals surface area contributed by atoms with Crippen molar-refractivity contribution < 1.29 is 27.4 Å². The van der Waals surface area contributed by atoms with E-state index in [9.17, 15) is 18.0 Å². The monoisotopic (exact) mass is 263 g/mol. The number of anilines is 1. The number of rotatable bonds is 6. The van der Waals surface area contributed by atoms with Gasteiger partial charge in [-0.15, -0.1) is 0 Å². The summed E-state index contributed by atoms with van der Waals surface area (Å²) >= 11 is 0. The summed E-state index contributed by atoms with van der Waals surface area (Å²) in [5.41, 5.74) is -0.697. The van der Waals surface area contributed by atoms with E-state index in [-0.39, 0.29) is 13.2 Å². The highest BCUT2D eigenvalue weighted by Crippen LogP contribution is 2.19. The molecule has 1 aromatic rings. The van der Waals surface area contributed by atoms with E-state index in [1.165, 1.54) is 7.11 Å². The first-order chi connectivity index (χ1) is 8.54. The Morgan fingerprint density at radius 1 is 1.22 bits per heavy atom. The normalized spacial score (nSPS) is 10.4. The van der Waals surface area contributed by atoms with Crippen LogP contribution in [0.25, 0.3) is 0 Å². The van der Waals surface area contributed by atoms with Crippen molar-refractivity contribution in [2.75, 3.05) is 32.2 Å². The second-order valence-corrected chi connectivity index (χ2v) is 3.34. The highest BCUT2D eigenvalue weighted by atomic mass is 19.1. The average Bonchev–Trinajstić information content (AvgIpc) is 2.29. The largest absolute Gasteiger partial charge is 0.382 e. The molecular weight excluding hydrogens is 251 g/mol. The molecule has 0 aliphatic heterocycles. The maximum absolute atomic E-state index is 13.2. The summed E-state index contributed by atoms with van der Waals surface area (Å²) in [5, 5.41) is 1.96. The van der Waals surface area contributed by atoms with E-state index in [2.05, 4.69) is 4.74 Å². The first-order valence-corrected chi connectivity index (χ1v) is 5.05. The van der Waals surface area contributed by atoms with E-state index in [1.54, 1.807) is 0 Å². The number of methoxy groups -OCH3 is 1. The van der Waals surface area contributed by atoms with Crippen LogP contribution in [0.4, 0.5) is 18.9 Å². The lowest BCUT2D eigenvalue weighted by Gasteiger charge is -2.08. The Morgan fingerprint density at radius 3 is 2.39 bits per heavy atom. The summed E-state index contributed by atoms with van der Waals surface area (Å²) < 4.78 is 48.5. The molecule has 1 N–H and O–H groups in total. The number of hydrogen-bond donors (Lipinski definition) is 1. The lowest BCUT2D eigenvalue weighted by atomic mass is 10.2. The Morgan fingerprint density at radius 2 is 1.83 bits per heavy atom. The number of benzene rings is 1. The quantitative estimate of drug-likeness (QED) is 0.795. The van der Waals surface area contributed by atoms with Gasteiger partial charge in [-0.3, -0.25) is 4.79 Å². The second kappa shape index (κ2) is 6.97. The van der Waals surface area contributed by atoms with Crippen molar-refractivity contribution in [1.82, 2.24) is 0 Å². The first kappa shape index (κ1) is 14.5. The topological polar surface area (TPSA) is 47.6 Å². The SMILES string of the molecule is COCCOCC(=O)Nc1c(F)cc(F)cc1F. The zero-order chi connectivity index (χ0) is 13.5. The van der Waals surface area contributed by atoms with Crippen LogP contribution < -0.4 is 5.32 Å². The molecule has 1 amide bonds. The number of carbonyl (C=O) groups excluding carboxylic acids is 1. The zero-order valence-corrected chi connectivity index (χ0v) is 9.63. The van der Waals surface area contributed by atoms with Crippen LogP contribution in [0, 0.1) is 17.5 Å². The number of nitrogens with one attached hydrogen (secondary N) is 1. The summed E-state index contributed by atoms with van der Waals surface area (Å²) in [4.78, 5) is 11.3. The minimum Gasteiger partial charge on any atom is -0.382 e. The molecule has 0 unspecified atom stereocenters. The van der Waals surface area contributed by atoms with E-state index in [1.807, 2.05) is 5.32 Å². The molecule has 0 atom stereocenters. The standard InChI is InChI=1S/C11H12F3NO3/c1-17-2-3-18-6-10(16)15-11-8(13)4-7(12)5-9(11)14/h4-5H,2-3,6H2,1H3,(H,15,16). The van der Waals surface area contributed by atoms with Gasteiger partial charge >= 0.3 is 0 Å². The molecule has 0 fully saturated rings. The zero-order valence-electron chi connectivity index (χ0n) is 9.63. The predicted octanol–water partition coefficient (Wildman–Crippen LogP) is 1.71. The molecule has 1 rings (SSSR count). The highest BCUT2D eigenvalue weighted by Gasteiger charge is 2.14. The molecule has 0 aromatic heterocycles. The predicted molar refractivity (Wildman–Crippen MR) is 57.6 cm³/mol. The summed E-state index contributed by atoms with van der Waals surface area (Å²) in [7, 11) is 1.46. The molecular formula is C11H12F3NO3. The number of carbonyl (C=O) groups is 1. The third-order valence-corrected chi connectivity index (χ3v) is 1.94. The van der Waals surface area contributed by atoms with Crippen molar-refractivity contribution >= 4 is 11.6 Å². The lowest BCUT2D eigenvalue weighted by molar-refractivity contribution is -0.121. The van der Waals surface area contributed by atoms with Crippen LogP contribution in [-0.2, 0) is 14.3 Å². The van der Waals surface area contributed by atoms with Crippen molar-refractivity contribution in [1.29, 1.82) is 0 Å². The molecule has 7 heteroatoms. The second-order valence-electron chi connectivity index (χ2n) is 3.34. The van der Waals surface area contributed by atoms with Crippen LogP contribution in [0.2, 0.25) is 0 Å². The van der Waals surface area contributed by atoms with E-state index in [0.29, 0.717) is 18.7 Å². The van der Waals surface area contributed by atoms with Gasteiger partial charge in [-0.25, -0.2) is 13.2 Å². The minimum absolute atomic E-state index is 0.179. The molecule has 0 radical (unpaired) electrons. The van der Waals surface area contributed by atoms with Gasteiger partial charge in [0.05, 0.1) is 13.2 Å². The van der Waals surface area contributed by atoms with E-state index < -0.39 is 29.0 Å². The minimum atomic E-state index is -1.18. The summed E-state index contributed by atoms with van der Waals surface area (Å²) in [6.45, 7) is 0.102. The van der Waals surface area contributed by atoms with Crippen molar-refractivity contribution in [3.63, 3.8) is 0 Å². The van der Waals surface area contributed by atoms with Crippen LogP contribution in [0.1, 0.15) is 0 Å². The Kier molecular flexibility index (Phi) is 5.60. The van der Waals surface area contributed by atoms with E-state index in [0.717, 1.165) is 0 Å². The fourth-order valence-electron chi connectivity index (χ4n) is 1.14. The van der Waals surface area contributed by atoms with Crippen LogP contribution >= 0.6 is 0 Å². The average molecular weight is 263 g/mol. The first-order valence-electron chi connectivity index (χ1n) is 5.05. The third-order valence-electron chi connectivity index (χ3n) is 1.94. The Hall–Kier alpha value is -1.60. The van der Waals surface area contributed by atoms with Crippen LogP contribution in [-0.4, -0.2) is 32.8 Å². The van der Waals surface area contributed by atoms with Crippen molar-refractivity contribution in [3.05, 3.63) is 29.6 Å². The Labute approximate surface area is 102 Å². The van der Waals surface area contributed by atoms with Gasteiger partial charge in [0, 0.05) is 19.2 Å². The van der Waals surface area contributed by atoms with Gasteiger partial charge in [0.2, 0.25) is 0 Å². The molecule has 18 heavy (non-hydrogen) atoms. The fraction of sp³-hybridized carbons (Fsp3) is 0.364. The van der Waals surface area contributed by atoms with Crippen molar-refractivity contribution in [2.45, 2.75) is 0 Å². The summed E-state index contributed by atoms with van der Waals surface area (Å²) in [5.74, 6) is -4.16. The van der Waals surface area contributed by atoms with Crippen molar-refractivity contribution in [3.8, 4) is 0 Å². The van der Waals surface area contributed by atoms with Crippen LogP contribution in [0.15, 0.2) is 12.1 Å². The van der Waals surface area contributed by atoms with Gasteiger partial charge in [-0.2, -0.15) is 0 Å². The molecule has 0 heterocycles. The van der Waals surface area contributed by atoms with Gasteiger partial charge in [0.1, 0.15) is 18.1 Å². The van der Waals surface area contributed by atoms with Gasteiger partial charge in [0.25, 0.3) is 5.91 Å². The smallest absolute Gasteiger partial charge is 0.250 e. The molecule has 1 aromatic carbocycles. The maximum atomic E-state index is 13.2. The number of hydrogen-bond acceptors (Lipinski definition) is 3. The molecule has 0 spiro atoms. The van der Waals surface area contributed by atoms with E-state index in [4.69, 9.17) is 4.74 Å². The molecule has 4 nitrogen and oxygen atoms in total. The van der Waals surface area contributed by atoms with Gasteiger partial charge < -0.3 is 14.8 Å². The molecule has 100 valence electrons. The van der Waals surface area contributed by atoms with Crippen molar-refractivity contribution in [2.24, 2.45) is 0 Å². The van der Waals surface area contributed by atoms with Gasteiger partial charge in [0.15, 0.2) is 11.6 Å². The van der Waals surface area contributed by atoms with Crippen LogP contribution in [0.3, 0.4) is 0 Å². The number of ether oxygens (including phenoxy) is 2. The molecule has 0 aliphatic rings. The van der Waals surface area contributed by atoms with Gasteiger partial charge in [-0.1, -0.05) is 0 Å². The molecule has 0 saturated heterocycles. The molecule has 0 bridgehead atoms. The van der Waals surface area contributed by atoms with E-state index >= 15 is 0 Å². The Bertz CT molecular complexity index is 403.